The van der Waals surface area contributed by atoms with Crippen LogP contribution in [0.5, 0.6) is 0 Å². The zero-order valence-corrected chi connectivity index (χ0v) is 12.5. The number of aryl methyl sites for hydroxylation is 2. The first-order valence-electron chi connectivity index (χ1n) is 8.37. The van der Waals surface area contributed by atoms with Gasteiger partial charge in [-0.25, -0.2) is 0 Å². The van der Waals surface area contributed by atoms with Gasteiger partial charge in [0, 0.05) is 24.3 Å². The van der Waals surface area contributed by atoms with E-state index in [4.69, 9.17) is 4.74 Å². The molecule has 1 aromatic rings. The van der Waals surface area contributed by atoms with Gasteiger partial charge in [0.2, 0.25) is 0 Å². The molecule has 1 amide bonds. The second-order valence-corrected chi connectivity index (χ2v) is 6.94. The molecule has 4 rings (SSSR count). The highest BCUT2D eigenvalue weighted by molar-refractivity contribution is 5.92. The average molecular weight is 288 g/mol. The molecule has 4 heteroatoms. The lowest BCUT2D eigenvalue weighted by atomic mass is 9.83. The number of carbonyl (C=O) groups is 1. The van der Waals surface area contributed by atoms with Crippen LogP contribution in [0.3, 0.4) is 0 Å². The van der Waals surface area contributed by atoms with Crippen LogP contribution >= 0.6 is 0 Å². The summed E-state index contributed by atoms with van der Waals surface area (Å²) in [5, 5.41) is 3.16. The van der Waals surface area contributed by atoms with Gasteiger partial charge >= 0.3 is 0 Å². The summed E-state index contributed by atoms with van der Waals surface area (Å²) >= 11 is 0. The van der Waals surface area contributed by atoms with Crippen LogP contribution in [0.2, 0.25) is 0 Å². The quantitative estimate of drug-likeness (QED) is 0.898. The summed E-state index contributed by atoms with van der Waals surface area (Å²) in [4.78, 5) is 15.7. The van der Waals surface area contributed by atoms with Crippen LogP contribution in [-0.4, -0.2) is 30.1 Å². The SMILES string of the molecule is O=C(NC[C@]12CCC[C@H]1OCC2)c1cc2c([nH]1)CCCC2. The Bertz CT molecular complexity index is 515. The minimum absolute atomic E-state index is 0.0522. The van der Waals surface area contributed by atoms with Crippen LogP contribution in [0.15, 0.2) is 6.07 Å². The number of H-pyrrole nitrogens is 1. The van der Waals surface area contributed by atoms with E-state index in [1.807, 2.05) is 0 Å². The highest BCUT2D eigenvalue weighted by Crippen LogP contribution is 2.46. The van der Waals surface area contributed by atoms with Crippen molar-refractivity contribution in [2.45, 2.75) is 57.5 Å². The summed E-state index contributed by atoms with van der Waals surface area (Å²) in [6.45, 7) is 1.62. The van der Waals surface area contributed by atoms with Crippen molar-refractivity contribution in [2.24, 2.45) is 5.41 Å². The van der Waals surface area contributed by atoms with Gasteiger partial charge < -0.3 is 15.0 Å². The molecule has 114 valence electrons. The van der Waals surface area contributed by atoms with Crippen molar-refractivity contribution in [3.05, 3.63) is 23.0 Å². The summed E-state index contributed by atoms with van der Waals surface area (Å²) < 4.78 is 5.83. The van der Waals surface area contributed by atoms with Gasteiger partial charge in [0.05, 0.1) is 6.10 Å². The van der Waals surface area contributed by atoms with Gasteiger partial charge in [-0.1, -0.05) is 6.42 Å². The van der Waals surface area contributed by atoms with Gasteiger partial charge in [0.1, 0.15) is 5.69 Å². The highest BCUT2D eigenvalue weighted by Gasteiger charge is 2.47. The summed E-state index contributed by atoms with van der Waals surface area (Å²) in [7, 11) is 0. The third-order valence-electron chi connectivity index (χ3n) is 5.70. The summed E-state index contributed by atoms with van der Waals surface area (Å²) in [6.07, 6.45) is 9.73. The van der Waals surface area contributed by atoms with Gasteiger partial charge in [-0.05, 0) is 56.6 Å². The Kier molecular flexibility index (Phi) is 3.29. The van der Waals surface area contributed by atoms with Crippen molar-refractivity contribution >= 4 is 5.91 Å². The van der Waals surface area contributed by atoms with Gasteiger partial charge in [-0.15, -0.1) is 0 Å². The lowest BCUT2D eigenvalue weighted by molar-refractivity contribution is 0.0668. The molecule has 2 atom stereocenters. The fraction of sp³-hybridized carbons (Fsp3) is 0.706. The Balaban J connectivity index is 1.43. The largest absolute Gasteiger partial charge is 0.378 e. The van der Waals surface area contributed by atoms with Crippen molar-refractivity contribution in [1.29, 1.82) is 0 Å². The zero-order chi connectivity index (χ0) is 14.3. The minimum Gasteiger partial charge on any atom is -0.378 e. The number of fused-ring (bicyclic) bond motifs is 2. The number of carbonyl (C=O) groups excluding carboxylic acids is 1. The number of rotatable bonds is 3. The van der Waals surface area contributed by atoms with Crippen molar-refractivity contribution in [3.63, 3.8) is 0 Å². The first-order valence-corrected chi connectivity index (χ1v) is 8.37. The standard InChI is InChI=1S/C17H24N2O2/c20-16(14-10-12-4-1-2-5-13(12)19-14)18-11-17-7-3-6-15(17)21-9-8-17/h10,15,19H,1-9,11H2,(H,18,20)/t15-,17-/m1/s1. The number of ether oxygens (including phenoxy) is 1. The normalized spacial score (nSPS) is 31.0. The van der Waals surface area contributed by atoms with Crippen molar-refractivity contribution in [1.82, 2.24) is 10.3 Å². The third-order valence-corrected chi connectivity index (χ3v) is 5.70. The van der Waals surface area contributed by atoms with Crippen molar-refractivity contribution in [2.75, 3.05) is 13.2 Å². The molecule has 2 aliphatic carbocycles. The smallest absolute Gasteiger partial charge is 0.267 e. The number of amides is 1. The average Bonchev–Trinajstić information content (AvgIpc) is 3.17. The van der Waals surface area contributed by atoms with E-state index in [0.717, 1.165) is 44.5 Å². The topological polar surface area (TPSA) is 54.1 Å². The van der Waals surface area contributed by atoms with Crippen LogP contribution in [-0.2, 0) is 17.6 Å². The van der Waals surface area contributed by atoms with Crippen molar-refractivity contribution in [3.8, 4) is 0 Å². The molecule has 1 aromatic heterocycles. The van der Waals surface area contributed by atoms with Crippen LogP contribution in [0.25, 0.3) is 0 Å². The van der Waals surface area contributed by atoms with Crippen LogP contribution in [0.4, 0.5) is 0 Å². The Hall–Kier alpha value is -1.29. The van der Waals surface area contributed by atoms with Gasteiger partial charge in [-0.2, -0.15) is 0 Å². The molecular weight excluding hydrogens is 264 g/mol. The Morgan fingerprint density at radius 3 is 3.14 bits per heavy atom. The highest BCUT2D eigenvalue weighted by atomic mass is 16.5. The molecule has 0 bridgehead atoms. The maximum Gasteiger partial charge on any atom is 0.267 e. The van der Waals surface area contributed by atoms with E-state index in [0.29, 0.717) is 6.10 Å². The maximum atomic E-state index is 12.4. The number of hydrogen-bond donors (Lipinski definition) is 2. The lowest BCUT2D eigenvalue weighted by Crippen LogP contribution is -2.39. The number of aromatic amines is 1. The molecule has 2 heterocycles. The molecule has 2 N–H and O–H groups in total. The maximum absolute atomic E-state index is 12.4. The van der Waals surface area contributed by atoms with Crippen molar-refractivity contribution < 1.29 is 9.53 Å². The van der Waals surface area contributed by atoms with Crippen LogP contribution in [0, 0.1) is 5.41 Å². The number of nitrogens with one attached hydrogen (secondary N) is 2. The molecule has 1 saturated carbocycles. The predicted octanol–water partition coefficient (Wildman–Crippen LogP) is 2.58. The molecule has 3 aliphatic rings. The van der Waals surface area contributed by atoms with Gasteiger partial charge in [0.15, 0.2) is 0 Å². The molecule has 0 spiro atoms. The zero-order valence-electron chi connectivity index (χ0n) is 12.5. The lowest BCUT2D eigenvalue weighted by Gasteiger charge is -2.27. The summed E-state index contributed by atoms with van der Waals surface area (Å²) in [6, 6.07) is 2.05. The first-order chi connectivity index (χ1) is 10.3. The van der Waals surface area contributed by atoms with E-state index in [1.54, 1.807) is 0 Å². The van der Waals surface area contributed by atoms with E-state index in [2.05, 4.69) is 16.4 Å². The second kappa shape index (κ2) is 5.16. The predicted molar refractivity (Wildman–Crippen MR) is 80.4 cm³/mol. The van der Waals surface area contributed by atoms with E-state index < -0.39 is 0 Å². The van der Waals surface area contributed by atoms with E-state index in [1.165, 1.54) is 36.9 Å². The molecule has 0 aromatic carbocycles. The molecule has 4 nitrogen and oxygen atoms in total. The second-order valence-electron chi connectivity index (χ2n) is 6.94. The van der Waals surface area contributed by atoms with Gasteiger partial charge in [-0.3, -0.25) is 4.79 Å². The van der Waals surface area contributed by atoms with E-state index >= 15 is 0 Å². The Morgan fingerprint density at radius 1 is 1.33 bits per heavy atom. The van der Waals surface area contributed by atoms with Crippen LogP contribution in [0.1, 0.15) is 60.3 Å². The molecular formula is C17H24N2O2. The fourth-order valence-corrected chi connectivity index (χ4v) is 4.43. The molecule has 1 saturated heterocycles. The number of aromatic nitrogens is 1. The van der Waals surface area contributed by atoms with Gasteiger partial charge in [0.25, 0.3) is 5.91 Å². The molecule has 0 radical (unpaired) electrons. The summed E-state index contributed by atoms with van der Waals surface area (Å²) in [5.41, 5.74) is 3.56. The summed E-state index contributed by atoms with van der Waals surface area (Å²) in [5.74, 6) is 0.0522. The van der Waals surface area contributed by atoms with Crippen LogP contribution < -0.4 is 5.32 Å². The molecule has 2 fully saturated rings. The monoisotopic (exact) mass is 288 g/mol. The Labute approximate surface area is 125 Å². The Morgan fingerprint density at radius 2 is 2.24 bits per heavy atom. The first kappa shape index (κ1) is 13.4. The molecule has 0 unspecified atom stereocenters. The van der Waals surface area contributed by atoms with E-state index in [9.17, 15) is 4.79 Å². The minimum atomic E-state index is 0.0522. The number of hydrogen-bond acceptors (Lipinski definition) is 2. The third kappa shape index (κ3) is 2.30. The molecule has 1 aliphatic heterocycles. The van der Waals surface area contributed by atoms with E-state index in [-0.39, 0.29) is 11.3 Å². The molecule has 21 heavy (non-hydrogen) atoms. The fourth-order valence-electron chi connectivity index (χ4n) is 4.43.